The number of carbonyl (C=O) groups is 1. The molecule has 0 aromatic carbocycles. The van der Waals surface area contributed by atoms with E-state index in [9.17, 15) is 4.79 Å². The van der Waals surface area contributed by atoms with Gasteiger partial charge in [-0.05, 0) is 6.92 Å². The van der Waals surface area contributed by atoms with E-state index in [0.29, 0.717) is 12.3 Å². The fourth-order valence-electron chi connectivity index (χ4n) is 1.80. The summed E-state index contributed by atoms with van der Waals surface area (Å²) in [7, 11) is 0. The summed E-state index contributed by atoms with van der Waals surface area (Å²) >= 11 is 0. The maximum absolute atomic E-state index is 11.6. The van der Waals surface area contributed by atoms with Crippen LogP contribution in [0.25, 0.3) is 0 Å². The molecule has 6 heteroatoms. The number of hydrogen-bond donors (Lipinski definition) is 2. The van der Waals surface area contributed by atoms with Crippen LogP contribution in [0.4, 0.5) is 0 Å². The van der Waals surface area contributed by atoms with Crippen molar-refractivity contribution in [1.82, 2.24) is 20.5 Å². The maximum atomic E-state index is 11.6. The highest BCUT2D eigenvalue weighted by Crippen LogP contribution is 2.00. The van der Waals surface area contributed by atoms with Crippen LogP contribution >= 0.6 is 0 Å². The van der Waals surface area contributed by atoms with Crippen LogP contribution in [0.1, 0.15) is 16.4 Å². The molecular formula is C11H18N4O2. The molecule has 94 valence electrons. The summed E-state index contributed by atoms with van der Waals surface area (Å²) in [4.78, 5) is 17.8. The lowest BCUT2D eigenvalue weighted by Gasteiger charge is -2.26. The van der Waals surface area contributed by atoms with E-state index in [0.717, 1.165) is 32.7 Å². The number of hydrogen-bond acceptors (Lipinski definition) is 5. The van der Waals surface area contributed by atoms with Crippen molar-refractivity contribution < 1.29 is 9.21 Å². The highest BCUT2D eigenvalue weighted by atomic mass is 16.4. The van der Waals surface area contributed by atoms with Gasteiger partial charge in [0.05, 0.1) is 6.20 Å². The molecule has 0 bridgehead atoms. The molecule has 2 N–H and O–H groups in total. The van der Waals surface area contributed by atoms with Crippen LogP contribution in [0.3, 0.4) is 0 Å². The molecule has 2 rings (SSSR count). The number of piperazine rings is 1. The van der Waals surface area contributed by atoms with Gasteiger partial charge in [0.25, 0.3) is 5.89 Å². The Morgan fingerprint density at radius 2 is 2.35 bits per heavy atom. The lowest BCUT2D eigenvalue weighted by Crippen LogP contribution is -2.46. The molecule has 6 nitrogen and oxygen atoms in total. The Hall–Kier alpha value is -1.40. The van der Waals surface area contributed by atoms with Gasteiger partial charge in [-0.2, -0.15) is 0 Å². The molecule has 0 saturated carbocycles. The molecule has 17 heavy (non-hydrogen) atoms. The molecule has 1 amide bonds. The molecule has 1 saturated heterocycles. The van der Waals surface area contributed by atoms with Gasteiger partial charge in [-0.1, -0.05) is 0 Å². The average Bonchev–Trinajstić information content (AvgIpc) is 2.77. The number of carbonyl (C=O) groups excluding carboxylic acids is 1. The van der Waals surface area contributed by atoms with Crippen LogP contribution in [0.5, 0.6) is 0 Å². The second-order valence-corrected chi connectivity index (χ2v) is 4.12. The average molecular weight is 238 g/mol. The molecule has 1 fully saturated rings. The normalized spacial score (nSPS) is 17.0. The van der Waals surface area contributed by atoms with Gasteiger partial charge in [0, 0.05) is 39.3 Å². The first-order valence-corrected chi connectivity index (χ1v) is 5.89. The van der Waals surface area contributed by atoms with Crippen molar-refractivity contribution in [3.05, 3.63) is 17.8 Å². The number of aryl methyl sites for hydroxylation is 1. The zero-order valence-corrected chi connectivity index (χ0v) is 10.0. The van der Waals surface area contributed by atoms with Crippen LogP contribution in [0.15, 0.2) is 10.6 Å². The summed E-state index contributed by atoms with van der Waals surface area (Å²) < 4.78 is 5.14. The molecular weight excluding hydrogens is 220 g/mol. The summed E-state index contributed by atoms with van der Waals surface area (Å²) in [6.07, 6.45) is 1.55. The Kier molecular flexibility index (Phi) is 4.11. The van der Waals surface area contributed by atoms with Crippen molar-refractivity contribution >= 4 is 5.91 Å². The monoisotopic (exact) mass is 238 g/mol. The number of amides is 1. The summed E-state index contributed by atoms with van der Waals surface area (Å²) in [5.41, 5.74) is 0. The van der Waals surface area contributed by atoms with Crippen molar-refractivity contribution in [3.63, 3.8) is 0 Å². The van der Waals surface area contributed by atoms with Crippen LogP contribution in [-0.2, 0) is 0 Å². The van der Waals surface area contributed by atoms with Crippen LogP contribution in [0, 0.1) is 6.92 Å². The minimum Gasteiger partial charge on any atom is -0.438 e. The fraction of sp³-hybridized carbons (Fsp3) is 0.636. The van der Waals surface area contributed by atoms with E-state index in [1.807, 2.05) is 0 Å². The Morgan fingerprint density at radius 3 is 3.00 bits per heavy atom. The zero-order valence-electron chi connectivity index (χ0n) is 10.0. The molecule has 0 atom stereocenters. The second kappa shape index (κ2) is 5.79. The predicted octanol–water partition coefficient (Wildman–Crippen LogP) is -0.382. The minimum absolute atomic E-state index is 0.141. The highest BCUT2D eigenvalue weighted by molar-refractivity contribution is 5.89. The van der Waals surface area contributed by atoms with Crippen molar-refractivity contribution in [2.45, 2.75) is 6.92 Å². The first kappa shape index (κ1) is 12.1. The van der Waals surface area contributed by atoms with E-state index in [1.165, 1.54) is 0 Å². The highest BCUT2D eigenvalue weighted by Gasteiger charge is 2.13. The standard InChI is InChI=1S/C11H18N4O2/c1-9-8-14-11(17-9)10(16)13-4-7-15-5-2-12-3-6-15/h8,12H,2-7H2,1H3,(H,13,16). The quantitative estimate of drug-likeness (QED) is 0.748. The SMILES string of the molecule is Cc1cnc(C(=O)NCCN2CCNCC2)o1. The smallest absolute Gasteiger partial charge is 0.307 e. The van der Waals surface area contributed by atoms with E-state index >= 15 is 0 Å². The molecule has 1 aliphatic heterocycles. The summed E-state index contributed by atoms with van der Waals surface area (Å²) in [5, 5.41) is 6.09. The van der Waals surface area contributed by atoms with Gasteiger partial charge in [-0.15, -0.1) is 0 Å². The van der Waals surface area contributed by atoms with Crippen molar-refractivity contribution in [1.29, 1.82) is 0 Å². The van der Waals surface area contributed by atoms with Gasteiger partial charge in [-0.3, -0.25) is 9.69 Å². The summed E-state index contributed by atoms with van der Waals surface area (Å²) in [6, 6.07) is 0. The Bertz CT molecular complexity index is 371. The Balaban J connectivity index is 1.69. The van der Waals surface area contributed by atoms with E-state index in [-0.39, 0.29) is 11.8 Å². The molecule has 1 aromatic heterocycles. The van der Waals surface area contributed by atoms with Gasteiger partial charge in [0.15, 0.2) is 0 Å². The van der Waals surface area contributed by atoms with E-state index in [4.69, 9.17) is 4.42 Å². The van der Waals surface area contributed by atoms with Crippen molar-refractivity contribution in [2.24, 2.45) is 0 Å². The third-order valence-corrected chi connectivity index (χ3v) is 2.74. The largest absolute Gasteiger partial charge is 0.438 e. The molecule has 0 spiro atoms. The van der Waals surface area contributed by atoms with Gasteiger partial charge in [0.2, 0.25) is 0 Å². The minimum atomic E-state index is -0.242. The van der Waals surface area contributed by atoms with Gasteiger partial charge in [-0.25, -0.2) is 4.98 Å². The van der Waals surface area contributed by atoms with Gasteiger partial charge < -0.3 is 15.1 Å². The topological polar surface area (TPSA) is 70.4 Å². The zero-order chi connectivity index (χ0) is 12.1. The fourth-order valence-corrected chi connectivity index (χ4v) is 1.80. The molecule has 0 radical (unpaired) electrons. The number of oxazole rings is 1. The van der Waals surface area contributed by atoms with Crippen LogP contribution in [0.2, 0.25) is 0 Å². The van der Waals surface area contributed by atoms with Crippen LogP contribution < -0.4 is 10.6 Å². The number of aromatic nitrogens is 1. The Morgan fingerprint density at radius 1 is 1.59 bits per heavy atom. The molecule has 1 aromatic rings. The first-order chi connectivity index (χ1) is 8.25. The number of nitrogens with zero attached hydrogens (tertiary/aromatic N) is 2. The van der Waals surface area contributed by atoms with E-state index in [2.05, 4.69) is 20.5 Å². The molecule has 1 aliphatic rings. The van der Waals surface area contributed by atoms with E-state index in [1.54, 1.807) is 13.1 Å². The predicted molar refractivity (Wildman–Crippen MR) is 62.9 cm³/mol. The molecule has 0 unspecified atom stereocenters. The number of rotatable bonds is 4. The lowest BCUT2D eigenvalue weighted by atomic mass is 10.3. The van der Waals surface area contributed by atoms with Gasteiger partial charge >= 0.3 is 5.91 Å². The number of nitrogens with one attached hydrogen (secondary N) is 2. The van der Waals surface area contributed by atoms with Crippen molar-refractivity contribution in [3.8, 4) is 0 Å². The first-order valence-electron chi connectivity index (χ1n) is 5.89. The Labute approximate surface area is 100 Å². The van der Waals surface area contributed by atoms with E-state index < -0.39 is 0 Å². The van der Waals surface area contributed by atoms with Crippen LogP contribution in [-0.4, -0.2) is 55.1 Å². The maximum Gasteiger partial charge on any atom is 0.307 e. The summed E-state index contributed by atoms with van der Waals surface area (Å²) in [5.74, 6) is 0.549. The van der Waals surface area contributed by atoms with Crippen molar-refractivity contribution in [2.75, 3.05) is 39.3 Å². The molecule has 2 heterocycles. The second-order valence-electron chi connectivity index (χ2n) is 4.12. The molecule has 0 aliphatic carbocycles. The lowest BCUT2D eigenvalue weighted by molar-refractivity contribution is 0.0911. The third kappa shape index (κ3) is 3.54. The summed E-state index contributed by atoms with van der Waals surface area (Å²) in [6.45, 7) is 7.37. The van der Waals surface area contributed by atoms with Gasteiger partial charge in [0.1, 0.15) is 5.76 Å². The third-order valence-electron chi connectivity index (χ3n) is 2.74.